The summed E-state index contributed by atoms with van der Waals surface area (Å²) in [5.41, 5.74) is -3.13. The van der Waals surface area contributed by atoms with Crippen LogP contribution in [0.3, 0.4) is 0 Å². The zero-order chi connectivity index (χ0) is 23.6. The van der Waals surface area contributed by atoms with E-state index in [0.717, 1.165) is 0 Å². The summed E-state index contributed by atoms with van der Waals surface area (Å²) < 4.78 is 34.5. The van der Waals surface area contributed by atoms with Crippen LogP contribution in [0.15, 0.2) is 23.8 Å². The van der Waals surface area contributed by atoms with Gasteiger partial charge in [0.05, 0.1) is 23.0 Å². The number of carbonyl (C=O) groups excluding carboxylic acids is 1. The second kappa shape index (κ2) is 6.62. The van der Waals surface area contributed by atoms with Gasteiger partial charge in [0.15, 0.2) is 12.1 Å². The predicted octanol–water partition coefficient (Wildman–Crippen LogP) is 4.61. The Morgan fingerprint density at radius 1 is 1.30 bits per heavy atom. The van der Waals surface area contributed by atoms with Gasteiger partial charge in [0.2, 0.25) is 5.60 Å². The number of hydrogen-bond acceptors (Lipinski definition) is 5. The zero-order valence-electron chi connectivity index (χ0n) is 18.9. The van der Waals surface area contributed by atoms with Crippen LogP contribution < -0.4 is 0 Å². The number of allylic oxidation sites excluding steroid dienone is 4. The SMILES string of the molecule is CCC1O[C@@H]2C[C@H]3[C@@H]4C[C@H](F)C5=CC(=O)C=C[C@]5(C)[C@@]4(Cl)[C@@H](Cl)C[C@]3(C)[C@]2(C2(C#N)CO2)O1. The summed E-state index contributed by atoms with van der Waals surface area (Å²) in [7, 11) is 0. The standard InChI is InChI=1S/C25H28Cl2FNO4/c1-4-20-32-19-9-14-15-8-17(28)16-7-13(30)5-6-21(16,2)24(15,27)18(26)10-22(14,3)25(19,33-20)23(11-29)12-31-23/h5-7,14-15,17-20H,4,8-10,12H2,1-3H3/t14-,15-,17-,18-,19+,20?,21-,22-,23?,24-,25+/m0/s1. The Bertz CT molecular complexity index is 1040. The van der Waals surface area contributed by atoms with E-state index in [0.29, 0.717) is 24.8 Å². The molecule has 6 aliphatic rings. The molecule has 0 bridgehead atoms. The van der Waals surface area contributed by atoms with Crippen molar-refractivity contribution in [1.29, 1.82) is 5.26 Å². The van der Waals surface area contributed by atoms with Crippen molar-refractivity contribution in [3.8, 4) is 6.07 Å². The molecule has 0 amide bonds. The number of carbonyl (C=O) groups is 1. The number of epoxide rings is 1. The van der Waals surface area contributed by atoms with Crippen molar-refractivity contribution in [1.82, 2.24) is 0 Å². The van der Waals surface area contributed by atoms with Crippen LogP contribution in [-0.4, -0.2) is 52.4 Å². The molecule has 3 saturated carbocycles. The summed E-state index contributed by atoms with van der Waals surface area (Å²) in [6, 6.07) is 2.39. The van der Waals surface area contributed by atoms with Gasteiger partial charge in [-0.15, -0.1) is 23.2 Å². The molecule has 2 unspecified atom stereocenters. The Labute approximate surface area is 203 Å². The van der Waals surface area contributed by atoms with Crippen LogP contribution in [0.1, 0.15) is 46.5 Å². The van der Waals surface area contributed by atoms with Gasteiger partial charge < -0.3 is 14.2 Å². The molecule has 0 spiro atoms. The van der Waals surface area contributed by atoms with E-state index in [-0.39, 0.29) is 36.8 Å². The fourth-order valence-corrected chi connectivity index (χ4v) is 9.52. The molecule has 0 aromatic carbocycles. The van der Waals surface area contributed by atoms with Crippen molar-refractivity contribution in [2.45, 2.75) is 86.5 Å². The number of alkyl halides is 3. The van der Waals surface area contributed by atoms with Gasteiger partial charge in [0.1, 0.15) is 17.8 Å². The summed E-state index contributed by atoms with van der Waals surface area (Å²) in [6.07, 6.45) is 4.47. The molecule has 2 saturated heterocycles. The van der Waals surface area contributed by atoms with Crippen LogP contribution in [0.2, 0.25) is 0 Å². The number of nitriles is 1. The third-order valence-corrected chi connectivity index (χ3v) is 11.5. The summed E-state index contributed by atoms with van der Waals surface area (Å²) in [5.74, 6) is -0.594. The molecule has 0 aromatic heterocycles. The molecule has 8 heteroatoms. The molecule has 11 atom stereocenters. The molecule has 2 aliphatic heterocycles. The Hall–Kier alpha value is -0.970. The number of fused-ring (bicyclic) bond motifs is 7. The molecular weight excluding hydrogens is 468 g/mol. The molecule has 5 fully saturated rings. The summed E-state index contributed by atoms with van der Waals surface area (Å²) in [5, 5.41) is 9.61. The lowest BCUT2D eigenvalue weighted by molar-refractivity contribution is -0.188. The van der Waals surface area contributed by atoms with Crippen molar-refractivity contribution in [3.63, 3.8) is 0 Å². The normalized spacial score (nSPS) is 58.6. The topological polar surface area (TPSA) is 71.9 Å². The van der Waals surface area contributed by atoms with Crippen molar-refractivity contribution < 1.29 is 23.4 Å². The highest BCUT2D eigenvalue weighted by atomic mass is 35.5. The largest absolute Gasteiger partial charge is 0.351 e. The number of halogens is 3. The average Bonchev–Trinajstić information content (AvgIpc) is 3.43. The van der Waals surface area contributed by atoms with Gasteiger partial charge in [0, 0.05) is 10.8 Å². The maximum absolute atomic E-state index is 15.7. The molecule has 4 aliphatic carbocycles. The molecule has 2 heterocycles. The van der Waals surface area contributed by atoms with Crippen LogP contribution in [-0.2, 0) is 19.0 Å². The molecule has 0 N–H and O–H groups in total. The minimum atomic E-state index is -1.30. The van der Waals surface area contributed by atoms with Gasteiger partial charge in [-0.2, -0.15) is 5.26 Å². The second-order valence-corrected chi connectivity index (χ2v) is 12.2. The average molecular weight is 496 g/mol. The predicted molar refractivity (Wildman–Crippen MR) is 119 cm³/mol. The zero-order valence-corrected chi connectivity index (χ0v) is 20.5. The number of rotatable bonds is 2. The first-order valence-corrected chi connectivity index (χ1v) is 12.7. The van der Waals surface area contributed by atoms with Gasteiger partial charge in [-0.1, -0.05) is 26.8 Å². The minimum absolute atomic E-state index is 0.0788. The highest BCUT2D eigenvalue weighted by molar-refractivity contribution is 6.34. The van der Waals surface area contributed by atoms with E-state index >= 15 is 4.39 Å². The lowest BCUT2D eigenvalue weighted by Gasteiger charge is -2.64. The van der Waals surface area contributed by atoms with Gasteiger partial charge >= 0.3 is 0 Å². The number of ketones is 1. The van der Waals surface area contributed by atoms with E-state index in [1.54, 1.807) is 6.08 Å². The Morgan fingerprint density at radius 2 is 2.03 bits per heavy atom. The van der Waals surface area contributed by atoms with Gasteiger partial charge in [-0.3, -0.25) is 4.79 Å². The highest BCUT2D eigenvalue weighted by Gasteiger charge is 2.85. The first-order chi connectivity index (χ1) is 15.5. The van der Waals surface area contributed by atoms with Crippen molar-refractivity contribution in [2.75, 3.05) is 6.61 Å². The van der Waals surface area contributed by atoms with Gasteiger partial charge in [0.25, 0.3) is 0 Å². The quantitative estimate of drug-likeness (QED) is 0.413. The third kappa shape index (κ3) is 2.33. The summed E-state index contributed by atoms with van der Waals surface area (Å²) in [6.45, 7) is 6.28. The van der Waals surface area contributed by atoms with Crippen LogP contribution >= 0.6 is 23.2 Å². The van der Waals surface area contributed by atoms with E-state index in [1.807, 2.05) is 13.8 Å². The van der Waals surface area contributed by atoms with Crippen molar-refractivity contribution in [3.05, 3.63) is 23.8 Å². The van der Waals surface area contributed by atoms with Gasteiger partial charge in [-0.05, 0) is 55.2 Å². The molecule has 0 radical (unpaired) electrons. The van der Waals surface area contributed by atoms with Crippen LogP contribution in [0.25, 0.3) is 0 Å². The summed E-state index contributed by atoms with van der Waals surface area (Å²) >= 11 is 14.7. The number of nitrogens with zero attached hydrogens (tertiary/aromatic N) is 1. The third-order valence-electron chi connectivity index (χ3n) is 9.93. The van der Waals surface area contributed by atoms with Crippen molar-refractivity contribution >= 4 is 29.0 Å². The highest BCUT2D eigenvalue weighted by Crippen LogP contribution is 2.76. The number of ether oxygens (including phenoxy) is 3. The van der Waals surface area contributed by atoms with E-state index in [1.165, 1.54) is 12.2 Å². The Kier molecular flexibility index (Phi) is 4.51. The Morgan fingerprint density at radius 3 is 2.67 bits per heavy atom. The lowest BCUT2D eigenvalue weighted by atomic mass is 9.45. The lowest BCUT2D eigenvalue weighted by Crippen LogP contribution is -2.70. The molecule has 33 heavy (non-hydrogen) atoms. The second-order valence-electron chi connectivity index (χ2n) is 11.1. The van der Waals surface area contributed by atoms with E-state index in [9.17, 15) is 10.1 Å². The van der Waals surface area contributed by atoms with Crippen LogP contribution in [0.4, 0.5) is 4.39 Å². The van der Waals surface area contributed by atoms with Crippen LogP contribution in [0, 0.1) is 34.0 Å². The molecule has 5 nitrogen and oxygen atoms in total. The molecule has 6 rings (SSSR count). The maximum Gasteiger partial charge on any atom is 0.209 e. The molecule has 178 valence electrons. The molecular formula is C25H28Cl2FNO4. The first-order valence-electron chi connectivity index (χ1n) is 11.8. The fraction of sp³-hybridized carbons (Fsp3) is 0.760. The monoisotopic (exact) mass is 495 g/mol. The van der Waals surface area contributed by atoms with E-state index in [4.69, 9.17) is 37.4 Å². The van der Waals surface area contributed by atoms with Gasteiger partial charge in [-0.25, -0.2) is 4.39 Å². The number of hydrogen-bond donors (Lipinski definition) is 0. The first kappa shape index (κ1) is 22.5. The maximum atomic E-state index is 15.7. The van der Waals surface area contributed by atoms with Crippen molar-refractivity contribution in [2.24, 2.45) is 22.7 Å². The Balaban J connectivity index is 1.50. The van der Waals surface area contributed by atoms with E-state index in [2.05, 4.69) is 13.0 Å². The van der Waals surface area contributed by atoms with Crippen LogP contribution in [0.5, 0.6) is 0 Å². The smallest absolute Gasteiger partial charge is 0.209 e. The minimum Gasteiger partial charge on any atom is -0.351 e. The molecule has 0 aromatic rings. The van der Waals surface area contributed by atoms with E-state index < -0.39 is 44.7 Å². The summed E-state index contributed by atoms with van der Waals surface area (Å²) in [4.78, 5) is 11.1. The fourth-order valence-electron chi connectivity index (χ4n) is 8.32.